The monoisotopic (exact) mass is 381 g/mol. The number of hydrogen-bond donors (Lipinski definition) is 7. The third-order valence-electron chi connectivity index (χ3n) is 3.00. The maximum absolute atomic E-state index is 11.8. The summed E-state index contributed by atoms with van der Waals surface area (Å²) in [5.41, 5.74) is 5.49. The van der Waals surface area contributed by atoms with Crippen LogP contribution >= 0.6 is 15.6 Å². The van der Waals surface area contributed by atoms with E-state index in [0.29, 0.717) is 0 Å². The lowest BCUT2D eigenvalue weighted by molar-refractivity contribution is -0.289. The fraction of sp³-hybridized carbons (Fsp3) is 0.875. The van der Waals surface area contributed by atoms with Gasteiger partial charge >= 0.3 is 15.6 Å². The van der Waals surface area contributed by atoms with Gasteiger partial charge in [-0.1, -0.05) is 0 Å². The predicted molar refractivity (Wildman–Crippen MR) is 69.4 cm³/mol. The molecular formula is C8H17NO12P2. The zero-order valence-corrected chi connectivity index (χ0v) is 13.4. The van der Waals surface area contributed by atoms with Crippen molar-refractivity contribution in [2.24, 2.45) is 5.73 Å². The second-order valence-electron chi connectivity index (χ2n) is 4.70. The van der Waals surface area contributed by atoms with Crippen LogP contribution in [0.3, 0.4) is 0 Å². The minimum Gasteiger partial charge on any atom is -0.394 e. The van der Waals surface area contributed by atoms with Gasteiger partial charge in [-0.3, -0.25) is 4.79 Å². The molecule has 6 atom stereocenters. The number of aliphatic hydroxyl groups excluding tert-OH is 3. The van der Waals surface area contributed by atoms with Gasteiger partial charge < -0.3 is 40.5 Å². The molecule has 0 spiro atoms. The van der Waals surface area contributed by atoms with Gasteiger partial charge in [0, 0.05) is 6.92 Å². The van der Waals surface area contributed by atoms with Gasteiger partial charge in [0.25, 0.3) is 5.79 Å². The van der Waals surface area contributed by atoms with Crippen LogP contribution in [0.5, 0.6) is 0 Å². The van der Waals surface area contributed by atoms with Crippen LogP contribution in [0.1, 0.15) is 6.92 Å². The normalized spacial score (nSPS) is 38.1. The van der Waals surface area contributed by atoms with Crippen molar-refractivity contribution in [1.82, 2.24) is 0 Å². The molecule has 0 bridgehead atoms. The van der Waals surface area contributed by atoms with E-state index < -0.39 is 58.2 Å². The van der Waals surface area contributed by atoms with Crippen molar-refractivity contribution < 1.29 is 57.5 Å². The summed E-state index contributed by atoms with van der Waals surface area (Å²) in [6, 6.07) is -1.93. The first kappa shape index (κ1) is 20.8. The number of ether oxygens (including phenoxy) is 1. The second kappa shape index (κ2) is 6.92. The van der Waals surface area contributed by atoms with Crippen molar-refractivity contribution in [1.29, 1.82) is 0 Å². The highest BCUT2D eigenvalue weighted by Gasteiger charge is 2.60. The molecule has 1 aliphatic rings. The Kier molecular flexibility index (Phi) is 6.25. The van der Waals surface area contributed by atoms with E-state index in [-0.39, 0.29) is 0 Å². The molecule has 1 heterocycles. The number of carbonyl (C=O) groups is 1. The fourth-order valence-corrected chi connectivity index (χ4v) is 3.81. The molecule has 15 heteroatoms. The summed E-state index contributed by atoms with van der Waals surface area (Å²) < 4.78 is 35.2. The summed E-state index contributed by atoms with van der Waals surface area (Å²) in [5, 5.41) is 28.5. The quantitative estimate of drug-likeness (QED) is 0.227. The van der Waals surface area contributed by atoms with Crippen LogP contribution in [0, 0.1) is 0 Å². The van der Waals surface area contributed by atoms with Gasteiger partial charge in [-0.15, -0.1) is 0 Å². The van der Waals surface area contributed by atoms with Crippen molar-refractivity contribution >= 4 is 21.4 Å². The third kappa shape index (κ3) is 4.63. The van der Waals surface area contributed by atoms with Crippen LogP contribution in [-0.4, -0.2) is 72.5 Å². The lowest BCUT2D eigenvalue weighted by Crippen LogP contribution is -2.71. The fourth-order valence-electron chi connectivity index (χ4n) is 1.96. The molecule has 8 N–H and O–H groups in total. The Morgan fingerprint density at radius 3 is 2.17 bits per heavy atom. The van der Waals surface area contributed by atoms with Crippen LogP contribution < -0.4 is 5.73 Å². The molecule has 1 aliphatic heterocycles. The van der Waals surface area contributed by atoms with Crippen molar-refractivity contribution in [3.05, 3.63) is 0 Å². The highest BCUT2D eigenvalue weighted by atomic mass is 31.3. The summed E-state index contributed by atoms with van der Waals surface area (Å²) in [6.45, 7) is -0.158. The topological polar surface area (TPSA) is 226 Å². The van der Waals surface area contributed by atoms with Crippen LogP contribution in [0.15, 0.2) is 0 Å². The SMILES string of the molecule is CC(=O)C1(OP(=O)(O)OP(=O)(O)O)O[C@H](CO)[C@@H](O)[C@H](O)[C@H]1N. The zero-order chi connectivity index (χ0) is 18.2. The highest BCUT2D eigenvalue weighted by molar-refractivity contribution is 7.60. The molecule has 13 nitrogen and oxygen atoms in total. The highest BCUT2D eigenvalue weighted by Crippen LogP contribution is 2.60. The molecule has 0 amide bonds. The Bertz CT molecular complexity index is 547. The summed E-state index contributed by atoms with van der Waals surface area (Å²) in [5.74, 6) is -4.08. The maximum atomic E-state index is 11.8. The van der Waals surface area contributed by atoms with Crippen molar-refractivity contribution in [3.63, 3.8) is 0 Å². The molecule has 2 unspecified atom stereocenters. The van der Waals surface area contributed by atoms with E-state index in [1.807, 2.05) is 0 Å². The first-order valence-electron chi connectivity index (χ1n) is 5.97. The second-order valence-corrected chi connectivity index (χ2v) is 7.46. The van der Waals surface area contributed by atoms with Crippen molar-refractivity contribution in [3.8, 4) is 0 Å². The largest absolute Gasteiger partial charge is 0.484 e. The van der Waals surface area contributed by atoms with Crippen molar-refractivity contribution in [2.75, 3.05) is 6.61 Å². The standard InChI is InChI=1S/C8H17NO12P2/c1-3(11)8(20-23(17,18)21-22(14,15)16)7(9)6(13)5(12)4(2-10)19-8/h4-7,10,12-13H,2,9H2,1H3,(H,17,18)(H2,14,15,16)/t4-,5-,6+,7-,8?/m1/s1. The molecule has 0 aromatic rings. The number of carbonyl (C=O) groups excluding carboxylic acids is 1. The first-order valence-corrected chi connectivity index (χ1v) is 9.00. The van der Waals surface area contributed by atoms with E-state index >= 15 is 0 Å². The smallest absolute Gasteiger partial charge is 0.394 e. The van der Waals surface area contributed by atoms with Gasteiger partial charge in [-0.2, -0.15) is 4.31 Å². The number of phosphoric acid groups is 2. The average molecular weight is 381 g/mol. The number of hydrogen-bond acceptors (Lipinski definition) is 10. The lowest BCUT2D eigenvalue weighted by atomic mass is 9.89. The Hall–Kier alpha value is -0.270. The third-order valence-corrected chi connectivity index (χ3v) is 5.17. The molecule has 1 rings (SSSR count). The molecule has 136 valence electrons. The number of ketones is 1. The number of phosphoric ester groups is 1. The number of rotatable bonds is 6. The van der Waals surface area contributed by atoms with Crippen LogP contribution in [-0.2, 0) is 27.5 Å². The Balaban J connectivity index is 3.24. The molecular weight excluding hydrogens is 364 g/mol. The van der Waals surface area contributed by atoms with Gasteiger partial charge in [-0.25, -0.2) is 13.7 Å². The van der Waals surface area contributed by atoms with Gasteiger partial charge in [0.05, 0.1) is 12.6 Å². The van der Waals surface area contributed by atoms with Crippen LogP contribution in [0.25, 0.3) is 0 Å². The average Bonchev–Trinajstić information content (AvgIpc) is 2.36. The minimum absolute atomic E-state index is 0.774. The van der Waals surface area contributed by atoms with Crippen LogP contribution in [0.2, 0.25) is 0 Å². The van der Waals surface area contributed by atoms with E-state index in [9.17, 15) is 29.0 Å². The first-order chi connectivity index (χ1) is 10.3. The Morgan fingerprint density at radius 1 is 1.26 bits per heavy atom. The molecule has 0 radical (unpaired) electrons. The van der Waals surface area contributed by atoms with Gasteiger partial charge in [0.1, 0.15) is 18.3 Å². The molecule has 0 aromatic heterocycles. The van der Waals surface area contributed by atoms with E-state index in [0.717, 1.165) is 6.92 Å². The van der Waals surface area contributed by atoms with E-state index in [1.165, 1.54) is 0 Å². The summed E-state index contributed by atoms with van der Waals surface area (Å²) in [7, 11) is -11.1. The Labute approximate surface area is 129 Å². The molecule has 23 heavy (non-hydrogen) atoms. The molecule has 0 saturated carbocycles. The van der Waals surface area contributed by atoms with Crippen LogP contribution in [0.4, 0.5) is 0 Å². The van der Waals surface area contributed by atoms with Crippen molar-refractivity contribution in [2.45, 2.75) is 37.1 Å². The van der Waals surface area contributed by atoms with Gasteiger partial charge in [0.2, 0.25) is 0 Å². The van der Waals surface area contributed by atoms with E-state index in [2.05, 4.69) is 8.83 Å². The molecule has 0 aliphatic carbocycles. The summed E-state index contributed by atoms with van der Waals surface area (Å²) in [4.78, 5) is 38.3. The summed E-state index contributed by atoms with van der Waals surface area (Å²) >= 11 is 0. The zero-order valence-electron chi connectivity index (χ0n) is 11.6. The number of nitrogens with two attached hydrogens (primary N) is 1. The van der Waals surface area contributed by atoms with E-state index in [4.69, 9.17) is 25.4 Å². The minimum atomic E-state index is -5.59. The van der Waals surface area contributed by atoms with Gasteiger partial charge in [-0.05, 0) is 0 Å². The molecule has 0 aromatic carbocycles. The molecule has 1 fully saturated rings. The Morgan fingerprint density at radius 2 is 1.78 bits per heavy atom. The maximum Gasteiger partial charge on any atom is 0.484 e. The molecule has 1 saturated heterocycles. The van der Waals surface area contributed by atoms with E-state index in [1.54, 1.807) is 0 Å². The number of Topliss-reactive ketones (excluding diaryl/α,β-unsaturated/α-hetero) is 1. The lowest BCUT2D eigenvalue weighted by Gasteiger charge is -2.47. The summed E-state index contributed by atoms with van der Waals surface area (Å²) in [6.07, 6.45) is -5.32. The van der Waals surface area contributed by atoms with Gasteiger partial charge in [0.15, 0.2) is 5.78 Å². The number of aliphatic hydroxyl groups is 3. The predicted octanol–water partition coefficient (Wildman–Crippen LogP) is -3.06.